The van der Waals surface area contributed by atoms with Crippen LogP contribution in [0.5, 0.6) is 11.5 Å². The van der Waals surface area contributed by atoms with Crippen LogP contribution in [0.2, 0.25) is 0 Å². The van der Waals surface area contributed by atoms with Crippen molar-refractivity contribution < 1.29 is 14.1 Å². The van der Waals surface area contributed by atoms with Crippen LogP contribution >= 0.6 is 11.6 Å². The van der Waals surface area contributed by atoms with E-state index in [1.807, 2.05) is 6.92 Å². The van der Waals surface area contributed by atoms with Gasteiger partial charge in [-0.3, -0.25) is 10.1 Å². The van der Waals surface area contributed by atoms with Gasteiger partial charge in [-0.2, -0.15) is 0 Å². The van der Waals surface area contributed by atoms with Crippen molar-refractivity contribution in [3.8, 4) is 11.5 Å². The molecule has 0 bridgehead atoms. The lowest BCUT2D eigenvalue weighted by Crippen LogP contribution is -1.98. The maximum Gasteiger partial charge on any atom is 0.314 e. The lowest BCUT2D eigenvalue weighted by molar-refractivity contribution is -0.385. The predicted octanol–water partition coefficient (Wildman–Crippen LogP) is 4.57. The van der Waals surface area contributed by atoms with Gasteiger partial charge in [0.1, 0.15) is 5.75 Å². The van der Waals surface area contributed by atoms with Gasteiger partial charge in [-0.05, 0) is 19.1 Å². The van der Waals surface area contributed by atoms with Crippen molar-refractivity contribution in [3.63, 3.8) is 0 Å². The summed E-state index contributed by atoms with van der Waals surface area (Å²) in [4.78, 5) is 10.2. The monoisotopic (exact) mass is 295 g/mol. The normalized spacial score (nSPS) is 10.3. The van der Waals surface area contributed by atoms with Crippen LogP contribution in [0, 0.1) is 22.9 Å². The number of hydrogen-bond donors (Lipinski definition) is 0. The van der Waals surface area contributed by atoms with Crippen molar-refractivity contribution in [2.45, 2.75) is 12.8 Å². The van der Waals surface area contributed by atoms with Crippen LogP contribution in [0.25, 0.3) is 0 Å². The number of rotatable bonds is 4. The number of nitrogens with zero attached hydrogens (tertiary/aromatic N) is 1. The van der Waals surface area contributed by atoms with Crippen LogP contribution in [-0.2, 0) is 5.88 Å². The summed E-state index contributed by atoms with van der Waals surface area (Å²) in [5, 5.41) is 10.9. The van der Waals surface area contributed by atoms with Crippen LogP contribution in [0.15, 0.2) is 36.4 Å². The highest BCUT2D eigenvalue weighted by Crippen LogP contribution is 2.35. The number of ether oxygens (including phenoxy) is 1. The second-order valence-corrected chi connectivity index (χ2v) is 4.46. The van der Waals surface area contributed by atoms with E-state index in [0.29, 0.717) is 11.3 Å². The molecule has 0 saturated heterocycles. The van der Waals surface area contributed by atoms with Crippen LogP contribution in [0.3, 0.4) is 0 Å². The quantitative estimate of drug-likeness (QED) is 0.471. The van der Waals surface area contributed by atoms with Gasteiger partial charge < -0.3 is 4.74 Å². The van der Waals surface area contributed by atoms with Crippen LogP contribution in [-0.4, -0.2) is 4.92 Å². The van der Waals surface area contributed by atoms with Gasteiger partial charge in [-0.25, -0.2) is 4.39 Å². The Balaban J connectivity index is 2.47. The van der Waals surface area contributed by atoms with E-state index >= 15 is 0 Å². The molecule has 4 nitrogen and oxygen atoms in total. The van der Waals surface area contributed by atoms with Gasteiger partial charge in [-0.15, -0.1) is 11.6 Å². The highest BCUT2D eigenvalue weighted by Gasteiger charge is 2.21. The first-order chi connectivity index (χ1) is 9.52. The molecule has 6 heteroatoms. The van der Waals surface area contributed by atoms with Crippen molar-refractivity contribution >= 4 is 17.3 Å². The third-order valence-corrected chi connectivity index (χ3v) is 3.00. The Labute approximate surface area is 119 Å². The number of halogens is 2. The summed E-state index contributed by atoms with van der Waals surface area (Å²) in [5.41, 5.74) is 1.19. The fourth-order valence-corrected chi connectivity index (χ4v) is 1.97. The first-order valence-electron chi connectivity index (χ1n) is 5.79. The molecule has 0 aliphatic carbocycles. The molecule has 0 radical (unpaired) electrons. The lowest BCUT2D eigenvalue weighted by Gasteiger charge is -2.11. The van der Waals surface area contributed by atoms with E-state index in [2.05, 4.69) is 0 Å². The molecule has 2 aromatic rings. The Bertz CT molecular complexity index is 661. The van der Waals surface area contributed by atoms with E-state index < -0.39 is 22.2 Å². The summed E-state index contributed by atoms with van der Waals surface area (Å²) in [6.45, 7) is 1.88. The molecular weight excluding hydrogens is 285 g/mol. The summed E-state index contributed by atoms with van der Waals surface area (Å²) >= 11 is 5.80. The van der Waals surface area contributed by atoms with Gasteiger partial charge in [0, 0.05) is 11.6 Å². The molecule has 0 unspecified atom stereocenters. The molecule has 0 saturated carbocycles. The molecule has 20 heavy (non-hydrogen) atoms. The molecule has 0 atom stereocenters. The average molecular weight is 296 g/mol. The van der Waals surface area contributed by atoms with Gasteiger partial charge in [0.05, 0.1) is 10.8 Å². The van der Waals surface area contributed by atoms with Gasteiger partial charge >= 0.3 is 5.69 Å². The molecule has 0 amide bonds. The van der Waals surface area contributed by atoms with E-state index in [4.69, 9.17) is 16.3 Å². The summed E-state index contributed by atoms with van der Waals surface area (Å²) < 4.78 is 19.1. The van der Waals surface area contributed by atoms with Crippen molar-refractivity contribution in [2.75, 3.05) is 0 Å². The van der Waals surface area contributed by atoms with E-state index in [0.717, 1.165) is 11.6 Å². The predicted molar refractivity (Wildman–Crippen MR) is 73.9 cm³/mol. The standard InChI is InChI=1S/C14H11ClFNO3/c1-9-5-6-13(10(7-9)8-15)20-14-11(16)3-2-4-12(14)17(18)19/h2-7H,8H2,1H3. The topological polar surface area (TPSA) is 52.4 Å². The number of nitro benzene ring substituents is 1. The van der Waals surface area contributed by atoms with Gasteiger partial charge in [0.2, 0.25) is 5.75 Å². The Hall–Kier alpha value is -2.14. The third kappa shape index (κ3) is 2.88. The molecule has 0 aliphatic heterocycles. The maximum absolute atomic E-state index is 13.7. The van der Waals surface area contributed by atoms with E-state index in [1.54, 1.807) is 18.2 Å². The zero-order valence-electron chi connectivity index (χ0n) is 10.6. The largest absolute Gasteiger partial charge is 0.447 e. The molecule has 0 aromatic heterocycles. The van der Waals surface area contributed by atoms with Gasteiger partial charge in [0.15, 0.2) is 5.82 Å². The summed E-state index contributed by atoms with van der Waals surface area (Å²) in [5.74, 6) is -0.731. The Morgan fingerprint density at radius 1 is 1.35 bits per heavy atom. The Kier molecular flexibility index (Phi) is 4.20. The van der Waals surface area contributed by atoms with Crippen LogP contribution in [0.1, 0.15) is 11.1 Å². The minimum atomic E-state index is -0.791. The molecule has 104 valence electrons. The highest BCUT2D eigenvalue weighted by atomic mass is 35.5. The van der Waals surface area contributed by atoms with Crippen molar-refractivity contribution in [3.05, 3.63) is 63.5 Å². The second kappa shape index (κ2) is 5.88. The first-order valence-corrected chi connectivity index (χ1v) is 6.32. The van der Waals surface area contributed by atoms with Crippen LogP contribution in [0.4, 0.5) is 10.1 Å². The molecule has 2 aromatic carbocycles. The minimum Gasteiger partial charge on any atom is -0.447 e. The van der Waals surface area contributed by atoms with Gasteiger partial charge in [-0.1, -0.05) is 23.8 Å². The van der Waals surface area contributed by atoms with Crippen molar-refractivity contribution in [1.29, 1.82) is 0 Å². The summed E-state index contributed by atoms with van der Waals surface area (Å²) in [7, 11) is 0. The molecule has 0 spiro atoms. The number of nitro groups is 1. The molecular formula is C14H11ClFNO3. The maximum atomic E-state index is 13.7. The highest BCUT2D eigenvalue weighted by molar-refractivity contribution is 6.17. The molecule has 0 N–H and O–H groups in total. The summed E-state index contributed by atoms with van der Waals surface area (Å²) in [6, 6.07) is 8.72. The van der Waals surface area contributed by atoms with Gasteiger partial charge in [0.25, 0.3) is 0 Å². The fourth-order valence-electron chi connectivity index (χ4n) is 1.76. The number of benzene rings is 2. The van der Waals surface area contributed by atoms with E-state index in [9.17, 15) is 14.5 Å². The molecule has 2 rings (SSSR count). The Morgan fingerprint density at radius 2 is 2.10 bits per heavy atom. The number of aryl methyl sites for hydroxylation is 1. The number of para-hydroxylation sites is 1. The van der Waals surface area contributed by atoms with Crippen molar-refractivity contribution in [2.24, 2.45) is 0 Å². The lowest BCUT2D eigenvalue weighted by atomic mass is 10.1. The van der Waals surface area contributed by atoms with Crippen molar-refractivity contribution in [1.82, 2.24) is 0 Å². The number of alkyl halides is 1. The van der Waals surface area contributed by atoms with E-state index in [-0.39, 0.29) is 5.88 Å². The number of hydrogen-bond acceptors (Lipinski definition) is 3. The fraction of sp³-hybridized carbons (Fsp3) is 0.143. The molecule has 0 aliphatic rings. The first kappa shape index (κ1) is 14.3. The zero-order valence-corrected chi connectivity index (χ0v) is 11.4. The van der Waals surface area contributed by atoms with E-state index in [1.165, 1.54) is 12.1 Å². The van der Waals surface area contributed by atoms with Crippen LogP contribution < -0.4 is 4.74 Å². The third-order valence-electron chi connectivity index (χ3n) is 2.71. The smallest absolute Gasteiger partial charge is 0.314 e. The Morgan fingerprint density at radius 3 is 2.75 bits per heavy atom. The molecule has 0 heterocycles. The second-order valence-electron chi connectivity index (χ2n) is 4.19. The average Bonchev–Trinajstić information content (AvgIpc) is 2.42. The zero-order chi connectivity index (χ0) is 14.7. The molecule has 0 fully saturated rings. The summed E-state index contributed by atoms with van der Waals surface area (Å²) in [6.07, 6.45) is 0. The minimum absolute atomic E-state index is 0.166. The SMILES string of the molecule is Cc1ccc(Oc2c(F)cccc2[N+](=O)[O-])c(CCl)c1.